The number of piperazine rings is 1. The lowest BCUT2D eigenvalue weighted by atomic mass is 10.1. The van der Waals surface area contributed by atoms with Gasteiger partial charge in [-0.2, -0.15) is 0 Å². The van der Waals surface area contributed by atoms with Crippen molar-refractivity contribution in [3.63, 3.8) is 0 Å². The van der Waals surface area contributed by atoms with Crippen LogP contribution in [0.2, 0.25) is 0 Å². The Kier molecular flexibility index (Phi) is 6.74. The van der Waals surface area contributed by atoms with Gasteiger partial charge < -0.3 is 14.1 Å². The molecule has 2 aromatic carbocycles. The van der Waals surface area contributed by atoms with E-state index >= 15 is 0 Å². The average molecular weight is 446 g/mol. The maximum atomic E-state index is 13.2. The fraction of sp³-hybridized carbons (Fsp3) is 0.370. The van der Waals surface area contributed by atoms with Crippen LogP contribution in [0.1, 0.15) is 22.5 Å². The maximum Gasteiger partial charge on any atom is 0.237 e. The van der Waals surface area contributed by atoms with E-state index in [1.807, 2.05) is 35.2 Å². The van der Waals surface area contributed by atoms with Crippen molar-refractivity contribution < 1.29 is 13.9 Å². The zero-order valence-electron chi connectivity index (χ0n) is 19.0. The first-order valence-electron chi connectivity index (χ1n) is 11.8. The average Bonchev–Trinajstić information content (AvgIpc) is 3.52. The fourth-order valence-electron chi connectivity index (χ4n) is 4.62. The minimum Gasteiger partial charge on any atom is -0.493 e. The number of amides is 1. The molecule has 1 fully saturated rings. The van der Waals surface area contributed by atoms with Gasteiger partial charge in [-0.25, -0.2) is 0 Å². The number of fused-ring (bicyclic) bond motifs is 1. The first-order valence-corrected chi connectivity index (χ1v) is 11.8. The first kappa shape index (κ1) is 21.7. The number of carbonyl (C=O) groups excluding carboxylic acids is 1. The molecule has 3 aromatic rings. The molecular formula is C27H31N3O3. The summed E-state index contributed by atoms with van der Waals surface area (Å²) in [5.74, 6) is 1.99. The highest BCUT2D eigenvalue weighted by atomic mass is 16.5. The van der Waals surface area contributed by atoms with E-state index in [1.54, 1.807) is 6.26 Å². The number of carbonyl (C=O) groups is 1. The summed E-state index contributed by atoms with van der Waals surface area (Å²) >= 11 is 0. The van der Waals surface area contributed by atoms with Gasteiger partial charge in [0.05, 0.1) is 26.0 Å². The van der Waals surface area contributed by atoms with Crippen molar-refractivity contribution in [3.05, 3.63) is 89.4 Å². The van der Waals surface area contributed by atoms with Gasteiger partial charge >= 0.3 is 0 Å². The molecule has 3 heterocycles. The zero-order chi connectivity index (χ0) is 22.5. The summed E-state index contributed by atoms with van der Waals surface area (Å²) in [6, 6.07) is 20.5. The smallest absolute Gasteiger partial charge is 0.237 e. The molecule has 1 aromatic heterocycles. The Morgan fingerprint density at radius 3 is 2.48 bits per heavy atom. The molecule has 0 bridgehead atoms. The van der Waals surface area contributed by atoms with Gasteiger partial charge in [0, 0.05) is 45.7 Å². The Bertz CT molecular complexity index is 1040. The van der Waals surface area contributed by atoms with E-state index in [1.165, 1.54) is 11.1 Å². The van der Waals surface area contributed by atoms with Crippen LogP contribution in [-0.2, 0) is 30.8 Å². The number of hydrogen-bond donors (Lipinski definition) is 0. The molecule has 0 unspecified atom stereocenters. The van der Waals surface area contributed by atoms with Gasteiger partial charge in [-0.1, -0.05) is 42.5 Å². The predicted octanol–water partition coefficient (Wildman–Crippen LogP) is 3.56. The van der Waals surface area contributed by atoms with Crippen molar-refractivity contribution in [2.24, 2.45) is 0 Å². The van der Waals surface area contributed by atoms with Crippen LogP contribution in [0.3, 0.4) is 0 Å². The molecule has 0 saturated carbocycles. The van der Waals surface area contributed by atoms with Gasteiger partial charge in [0.15, 0.2) is 0 Å². The number of ether oxygens (including phenoxy) is 1. The molecule has 172 valence electrons. The van der Waals surface area contributed by atoms with E-state index in [4.69, 9.17) is 9.15 Å². The SMILES string of the molecule is O=C(CN1CCN(Cc2ccc3c(c2)CCO3)CC1)N(Cc1ccccc1)Cc1ccco1. The molecule has 0 radical (unpaired) electrons. The summed E-state index contributed by atoms with van der Waals surface area (Å²) in [5, 5.41) is 0. The molecule has 33 heavy (non-hydrogen) atoms. The number of nitrogens with zero attached hydrogens (tertiary/aromatic N) is 3. The highest BCUT2D eigenvalue weighted by Crippen LogP contribution is 2.26. The topological polar surface area (TPSA) is 49.2 Å². The normalized spacial score (nSPS) is 16.4. The van der Waals surface area contributed by atoms with Gasteiger partial charge in [-0.3, -0.25) is 14.6 Å². The van der Waals surface area contributed by atoms with E-state index in [0.29, 0.717) is 19.6 Å². The van der Waals surface area contributed by atoms with Crippen LogP contribution in [0, 0.1) is 0 Å². The Hall–Kier alpha value is -3.09. The van der Waals surface area contributed by atoms with Crippen molar-refractivity contribution in [1.82, 2.24) is 14.7 Å². The Balaban J connectivity index is 1.15. The van der Waals surface area contributed by atoms with Crippen LogP contribution in [0.4, 0.5) is 0 Å². The maximum absolute atomic E-state index is 13.2. The lowest BCUT2D eigenvalue weighted by Crippen LogP contribution is -2.49. The van der Waals surface area contributed by atoms with Crippen molar-refractivity contribution in [3.8, 4) is 5.75 Å². The summed E-state index contributed by atoms with van der Waals surface area (Å²) in [7, 11) is 0. The fourth-order valence-corrected chi connectivity index (χ4v) is 4.62. The number of rotatable bonds is 8. The third kappa shape index (κ3) is 5.64. The van der Waals surface area contributed by atoms with E-state index in [9.17, 15) is 4.79 Å². The van der Waals surface area contributed by atoms with E-state index in [2.05, 4.69) is 40.1 Å². The molecule has 6 nitrogen and oxygen atoms in total. The summed E-state index contributed by atoms with van der Waals surface area (Å²) in [4.78, 5) is 19.9. The van der Waals surface area contributed by atoms with E-state index < -0.39 is 0 Å². The second kappa shape index (κ2) is 10.2. The van der Waals surface area contributed by atoms with Gasteiger partial charge in [0.25, 0.3) is 0 Å². The predicted molar refractivity (Wildman–Crippen MR) is 127 cm³/mol. The lowest BCUT2D eigenvalue weighted by molar-refractivity contribution is -0.134. The number of hydrogen-bond acceptors (Lipinski definition) is 5. The summed E-state index contributed by atoms with van der Waals surface area (Å²) in [6.45, 7) is 7.01. The molecule has 6 heteroatoms. The number of benzene rings is 2. The van der Waals surface area contributed by atoms with Crippen molar-refractivity contribution in [2.75, 3.05) is 39.3 Å². The van der Waals surface area contributed by atoms with Crippen molar-refractivity contribution in [2.45, 2.75) is 26.1 Å². The van der Waals surface area contributed by atoms with Crippen LogP contribution < -0.4 is 4.74 Å². The standard InChI is InChI=1S/C27H31N3O3/c31-27(30(20-25-7-4-15-32-25)19-22-5-2-1-3-6-22)21-29-13-11-28(12-14-29)18-23-8-9-26-24(17-23)10-16-33-26/h1-9,15,17H,10-14,16,18-21H2. The van der Waals surface area contributed by atoms with Crippen molar-refractivity contribution in [1.29, 1.82) is 0 Å². The number of furan rings is 1. The summed E-state index contributed by atoms with van der Waals surface area (Å²) < 4.78 is 11.1. The minimum absolute atomic E-state index is 0.141. The Morgan fingerprint density at radius 2 is 1.70 bits per heavy atom. The lowest BCUT2D eigenvalue weighted by Gasteiger charge is -2.35. The van der Waals surface area contributed by atoms with Gasteiger partial charge in [-0.05, 0) is 34.9 Å². The second-order valence-corrected chi connectivity index (χ2v) is 8.91. The molecule has 0 aliphatic carbocycles. The van der Waals surface area contributed by atoms with Crippen LogP contribution >= 0.6 is 0 Å². The van der Waals surface area contributed by atoms with Gasteiger partial charge in [0.1, 0.15) is 11.5 Å². The van der Waals surface area contributed by atoms with Crippen LogP contribution in [0.25, 0.3) is 0 Å². The van der Waals surface area contributed by atoms with E-state index in [0.717, 1.165) is 62.8 Å². The zero-order valence-corrected chi connectivity index (χ0v) is 19.0. The highest BCUT2D eigenvalue weighted by Gasteiger charge is 2.23. The molecule has 0 N–H and O–H groups in total. The molecule has 1 saturated heterocycles. The largest absolute Gasteiger partial charge is 0.493 e. The van der Waals surface area contributed by atoms with Gasteiger partial charge in [-0.15, -0.1) is 0 Å². The molecule has 2 aliphatic rings. The quantitative estimate of drug-likeness (QED) is 0.531. The summed E-state index contributed by atoms with van der Waals surface area (Å²) in [5.41, 5.74) is 3.80. The third-order valence-electron chi connectivity index (χ3n) is 6.48. The highest BCUT2D eigenvalue weighted by molar-refractivity contribution is 5.78. The van der Waals surface area contributed by atoms with Crippen LogP contribution in [0.15, 0.2) is 71.3 Å². The summed E-state index contributed by atoms with van der Waals surface area (Å²) in [6.07, 6.45) is 2.67. The molecule has 2 aliphatic heterocycles. The van der Waals surface area contributed by atoms with E-state index in [-0.39, 0.29) is 5.91 Å². The monoisotopic (exact) mass is 445 g/mol. The molecular weight excluding hydrogens is 414 g/mol. The molecule has 5 rings (SSSR count). The molecule has 0 spiro atoms. The molecule has 1 amide bonds. The van der Waals surface area contributed by atoms with Crippen LogP contribution in [-0.4, -0.2) is 59.9 Å². The minimum atomic E-state index is 0.141. The third-order valence-corrected chi connectivity index (χ3v) is 6.48. The van der Waals surface area contributed by atoms with Gasteiger partial charge in [0.2, 0.25) is 5.91 Å². The second-order valence-electron chi connectivity index (χ2n) is 8.91. The molecule has 0 atom stereocenters. The Labute approximate surface area is 195 Å². The van der Waals surface area contributed by atoms with Crippen molar-refractivity contribution >= 4 is 5.91 Å². The first-order chi connectivity index (χ1) is 16.2. The Morgan fingerprint density at radius 1 is 0.879 bits per heavy atom. The van der Waals surface area contributed by atoms with Crippen LogP contribution in [0.5, 0.6) is 5.75 Å².